The number of rotatable bonds is 2. The Morgan fingerprint density at radius 3 is 2.58 bits per heavy atom. The van der Waals surface area contributed by atoms with Crippen LogP contribution in [-0.4, -0.2) is 31.0 Å². The third-order valence-corrected chi connectivity index (χ3v) is 3.31. The smallest absolute Gasteiger partial charge is 0.416 e. The van der Waals surface area contributed by atoms with Gasteiger partial charge in [0.1, 0.15) is 6.26 Å². The third kappa shape index (κ3) is 2.56. The maximum absolute atomic E-state index is 12.8. The number of hydrogen-bond acceptors (Lipinski definition) is 4. The van der Waals surface area contributed by atoms with Crippen LogP contribution in [0.15, 0.2) is 23.4 Å². The molecule has 0 fully saturated rings. The van der Waals surface area contributed by atoms with Crippen LogP contribution in [0.4, 0.5) is 13.2 Å². The first-order valence-corrected chi connectivity index (χ1v) is 6.67. The van der Waals surface area contributed by atoms with Gasteiger partial charge in [-0.05, 0) is 35.0 Å². The zero-order valence-electron chi connectivity index (χ0n) is 9.97. The highest BCUT2D eigenvalue weighted by molar-refractivity contribution is 7.90. The minimum absolute atomic E-state index is 0.00224. The summed E-state index contributed by atoms with van der Waals surface area (Å²) in [6.07, 6.45) is -3.11. The number of benzene rings is 1. The summed E-state index contributed by atoms with van der Waals surface area (Å²) in [7, 11) is 0. The van der Waals surface area contributed by atoms with Crippen LogP contribution in [-0.2, 0) is 17.4 Å². The molecule has 1 unspecified atom stereocenters. The molecule has 19 heavy (non-hydrogen) atoms. The molecule has 0 spiro atoms. The van der Waals surface area contributed by atoms with Crippen molar-refractivity contribution in [2.45, 2.75) is 18.3 Å². The fourth-order valence-corrected chi connectivity index (χ4v) is 2.20. The van der Waals surface area contributed by atoms with Crippen molar-refractivity contribution in [1.82, 2.24) is 20.2 Å². The molecule has 5 nitrogen and oxygen atoms in total. The quantitative estimate of drug-likeness (QED) is 0.790. The molecule has 0 aliphatic carbocycles. The van der Waals surface area contributed by atoms with Gasteiger partial charge in [-0.15, -0.1) is 0 Å². The van der Waals surface area contributed by atoms with Gasteiger partial charge in [-0.25, -0.2) is 0 Å². The van der Waals surface area contributed by atoms with E-state index in [-0.39, 0.29) is 16.4 Å². The van der Waals surface area contributed by atoms with Crippen molar-refractivity contribution in [3.05, 3.63) is 29.3 Å². The largest absolute Gasteiger partial charge is 0.609 e. The van der Waals surface area contributed by atoms with Gasteiger partial charge in [-0.1, -0.05) is 11.2 Å². The van der Waals surface area contributed by atoms with E-state index in [1.165, 1.54) is 25.3 Å². The highest BCUT2D eigenvalue weighted by Gasteiger charge is 2.33. The van der Waals surface area contributed by atoms with Crippen molar-refractivity contribution in [2.75, 3.05) is 6.26 Å². The fourth-order valence-electron chi connectivity index (χ4n) is 1.67. The van der Waals surface area contributed by atoms with Crippen molar-refractivity contribution in [1.29, 1.82) is 0 Å². The van der Waals surface area contributed by atoms with Crippen LogP contribution in [0.1, 0.15) is 11.1 Å². The molecule has 1 aromatic carbocycles. The normalized spacial score (nSPS) is 13.6. The second kappa shape index (κ2) is 4.82. The van der Waals surface area contributed by atoms with E-state index in [2.05, 4.69) is 15.5 Å². The predicted octanol–water partition coefficient (Wildman–Crippen LogP) is 1.73. The molecule has 1 heterocycles. The Morgan fingerprint density at radius 2 is 2.00 bits per heavy atom. The van der Waals surface area contributed by atoms with Crippen LogP contribution in [0.25, 0.3) is 5.69 Å². The molecule has 102 valence electrons. The summed E-state index contributed by atoms with van der Waals surface area (Å²) in [5.74, 6) is 0. The molecule has 9 heteroatoms. The second-order valence-corrected chi connectivity index (χ2v) is 5.05. The van der Waals surface area contributed by atoms with E-state index >= 15 is 0 Å². The minimum atomic E-state index is -4.46. The molecular weight excluding hydrogens is 281 g/mol. The zero-order chi connectivity index (χ0) is 14.2. The molecule has 0 aliphatic heterocycles. The van der Waals surface area contributed by atoms with Crippen LogP contribution >= 0.6 is 0 Å². The maximum Gasteiger partial charge on any atom is 0.416 e. The number of alkyl halides is 3. The topological polar surface area (TPSA) is 66.7 Å². The average Bonchev–Trinajstić information content (AvgIpc) is 2.76. The van der Waals surface area contributed by atoms with Gasteiger partial charge in [-0.3, -0.25) is 0 Å². The van der Waals surface area contributed by atoms with Gasteiger partial charge in [0.15, 0.2) is 0 Å². The Labute approximate surface area is 109 Å². The van der Waals surface area contributed by atoms with Gasteiger partial charge in [0.25, 0.3) is 0 Å². The van der Waals surface area contributed by atoms with Gasteiger partial charge in [0.05, 0.1) is 11.3 Å². The number of nitrogens with zero attached hydrogens (tertiary/aromatic N) is 4. The Balaban J connectivity index is 2.61. The highest BCUT2D eigenvalue weighted by Crippen LogP contribution is 2.34. The highest BCUT2D eigenvalue weighted by atomic mass is 32.2. The van der Waals surface area contributed by atoms with E-state index in [0.717, 1.165) is 10.7 Å². The van der Waals surface area contributed by atoms with Gasteiger partial charge in [0, 0.05) is 11.2 Å². The molecule has 0 bridgehead atoms. The summed E-state index contributed by atoms with van der Waals surface area (Å²) in [6, 6.07) is 3.68. The molecule has 0 saturated heterocycles. The SMILES string of the molecule is Cc1c(-n2nnnc2[S+](C)[O-])cccc1C(F)(F)F. The lowest BCUT2D eigenvalue weighted by atomic mass is 10.1. The monoisotopic (exact) mass is 290 g/mol. The second-order valence-electron chi connectivity index (χ2n) is 3.77. The van der Waals surface area contributed by atoms with E-state index < -0.39 is 22.9 Å². The molecular formula is C10H9F3N4OS. The van der Waals surface area contributed by atoms with E-state index in [4.69, 9.17) is 0 Å². The van der Waals surface area contributed by atoms with Crippen molar-refractivity contribution in [3.8, 4) is 5.69 Å². The summed E-state index contributed by atoms with van der Waals surface area (Å²) in [5, 5.41) is 10.5. The van der Waals surface area contributed by atoms with Crippen molar-refractivity contribution < 1.29 is 17.7 Å². The first-order valence-electron chi connectivity index (χ1n) is 5.11. The number of tetrazole rings is 1. The van der Waals surface area contributed by atoms with Crippen LogP contribution in [0.2, 0.25) is 0 Å². The molecule has 1 aromatic heterocycles. The summed E-state index contributed by atoms with van der Waals surface area (Å²) in [6.45, 7) is 1.32. The number of hydrogen-bond donors (Lipinski definition) is 0. The van der Waals surface area contributed by atoms with Gasteiger partial charge in [0.2, 0.25) is 0 Å². The molecule has 0 saturated carbocycles. The lowest BCUT2D eigenvalue weighted by molar-refractivity contribution is -0.138. The Hall–Kier alpha value is -1.61. The zero-order valence-corrected chi connectivity index (χ0v) is 10.8. The van der Waals surface area contributed by atoms with Crippen molar-refractivity contribution >= 4 is 11.2 Å². The maximum atomic E-state index is 12.8. The predicted molar refractivity (Wildman–Crippen MR) is 61.2 cm³/mol. The molecule has 0 aliphatic rings. The van der Waals surface area contributed by atoms with E-state index in [1.807, 2.05) is 0 Å². The number of aromatic nitrogens is 4. The fraction of sp³-hybridized carbons (Fsp3) is 0.300. The van der Waals surface area contributed by atoms with E-state index in [0.29, 0.717) is 0 Å². The molecule has 1 atom stereocenters. The van der Waals surface area contributed by atoms with E-state index in [1.54, 1.807) is 0 Å². The summed E-state index contributed by atoms with van der Waals surface area (Å²) < 4.78 is 50.9. The van der Waals surface area contributed by atoms with Gasteiger partial charge < -0.3 is 4.55 Å². The van der Waals surface area contributed by atoms with E-state index in [9.17, 15) is 17.7 Å². The lowest BCUT2D eigenvalue weighted by Crippen LogP contribution is -2.13. The summed E-state index contributed by atoms with van der Waals surface area (Å²) >= 11 is -1.50. The van der Waals surface area contributed by atoms with Gasteiger partial charge in [-0.2, -0.15) is 17.9 Å². The Kier molecular flexibility index (Phi) is 3.50. The van der Waals surface area contributed by atoms with Crippen LogP contribution in [0, 0.1) is 6.92 Å². The Bertz CT molecular complexity index is 597. The first kappa shape index (κ1) is 13.8. The first-order chi connectivity index (χ1) is 8.82. The molecule has 0 amide bonds. The molecule has 0 radical (unpaired) electrons. The third-order valence-electron chi connectivity index (χ3n) is 2.54. The van der Waals surface area contributed by atoms with Crippen molar-refractivity contribution in [3.63, 3.8) is 0 Å². The minimum Gasteiger partial charge on any atom is -0.609 e. The summed E-state index contributed by atoms with van der Waals surface area (Å²) in [4.78, 5) is 0. The number of halogens is 3. The molecule has 2 rings (SSSR count). The lowest BCUT2D eigenvalue weighted by Gasteiger charge is -2.13. The standard InChI is InChI=1S/C10H9F3N4OS/c1-6-7(10(11,12)13)4-3-5-8(6)17-9(19(2)18)14-15-16-17/h3-5H,1-2H3. The van der Waals surface area contributed by atoms with Crippen LogP contribution in [0.3, 0.4) is 0 Å². The molecule has 0 N–H and O–H groups in total. The van der Waals surface area contributed by atoms with Gasteiger partial charge >= 0.3 is 11.3 Å². The Morgan fingerprint density at radius 1 is 1.32 bits per heavy atom. The average molecular weight is 290 g/mol. The van der Waals surface area contributed by atoms with Crippen LogP contribution in [0.5, 0.6) is 0 Å². The summed E-state index contributed by atoms with van der Waals surface area (Å²) in [5.41, 5.74) is -0.632. The van der Waals surface area contributed by atoms with Crippen molar-refractivity contribution in [2.24, 2.45) is 0 Å². The molecule has 2 aromatic rings. The van der Waals surface area contributed by atoms with Crippen LogP contribution < -0.4 is 0 Å².